The lowest BCUT2D eigenvalue weighted by molar-refractivity contribution is -0.136. The average Bonchev–Trinajstić information content (AvgIpc) is 2.90. The lowest BCUT2D eigenvalue weighted by Gasteiger charge is -2.15. The molecule has 0 bridgehead atoms. The molecule has 0 amide bonds. The van der Waals surface area contributed by atoms with E-state index < -0.39 is 28.4 Å². The van der Waals surface area contributed by atoms with Gasteiger partial charge in [-0.2, -0.15) is 24.9 Å². The van der Waals surface area contributed by atoms with E-state index in [4.69, 9.17) is 0 Å². The van der Waals surface area contributed by atoms with Gasteiger partial charge in [-0.1, -0.05) is 6.07 Å². The molecule has 21 heavy (non-hydrogen) atoms. The third-order valence-electron chi connectivity index (χ3n) is 3.53. The Labute approximate surface area is 121 Å². The normalized spacial score (nSPS) is 19.3. The fourth-order valence-electron chi connectivity index (χ4n) is 2.57. The van der Waals surface area contributed by atoms with Crippen LogP contribution in [-0.2, 0) is 6.18 Å². The van der Waals surface area contributed by atoms with E-state index in [1.165, 1.54) is 12.1 Å². The summed E-state index contributed by atoms with van der Waals surface area (Å²) in [4.78, 5) is 26.8. The Balaban J connectivity index is 2.37. The molecule has 0 saturated carbocycles. The number of benzene rings is 1. The highest BCUT2D eigenvalue weighted by atomic mass is 32.2. The van der Waals surface area contributed by atoms with Crippen molar-refractivity contribution in [1.29, 1.82) is 0 Å². The molecule has 0 aliphatic carbocycles. The van der Waals surface area contributed by atoms with Gasteiger partial charge in [0, 0.05) is 5.75 Å². The number of thioether (sulfide) groups is 1. The molecule has 3 rings (SSSR count). The first kappa shape index (κ1) is 14.2. The van der Waals surface area contributed by atoms with Crippen LogP contribution in [0.2, 0.25) is 0 Å². The first-order valence-electron chi connectivity index (χ1n) is 6.32. The Morgan fingerprint density at radius 1 is 1.29 bits per heavy atom. The second kappa shape index (κ2) is 4.94. The van der Waals surface area contributed by atoms with Gasteiger partial charge in [-0.15, -0.1) is 0 Å². The zero-order valence-corrected chi connectivity index (χ0v) is 11.6. The molecule has 1 N–H and O–H groups in total. The average molecular weight is 316 g/mol. The van der Waals surface area contributed by atoms with Crippen molar-refractivity contribution in [3.8, 4) is 0 Å². The van der Waals surface area contributed by atoms with Crippen LogP contribution < -0.4 is 11.2 Å². The van der Waals surface area contributed by atoms with Crippen LogP contribution in [-0.4, -0.2) is 21.1 Å². The Bertz CT molecular complexity index is 804. The van der Waals surface area contributed by atoms with Gasteiger partial charge >= 0.3 is 11.9 Å². The molecule has 112 valence electrons. The number of fused-ring (bicyclic) bond motifs is 1. The van der Waals surface area contributed by atoms with Gasteiger partial charge < -0.3 is 4.98 Å². The van der Waals surface area contributed by atoms with E-state index in [0.717, 1.165) is 16.4 Å². The minimum atomic E-state index is -4.64. The molecular formula is C13H11F3N2O2S. The maximum atomic E-state index is 13.1. The lowest BCUT2D eigenvalue weighted by atomic mass is 10.1. The van der Waals surface area contributed by atoms with Crippen molar-refractivity contribution in [3.05, 3.63) is 44.6 Å². The summed E-state index contributed by atoms with van der Waals surface area (Å²) in [5.74, 6) is 1.35. The van der Waals surface area contributed by atoms with Crippen LogP contribution in [0.1, 0.15) is 18.0 Å². The zero-order chi connectivity index (χ0) is 15.2. The molecule has 1 saturated heterocycles. The van der Waals surface area contributed by atoms with Crippen LogP contribution in [0.15, 0.2) is 27.8 Å². The standard InChI is InChI=1S/C13H11F3N2O2S/c14-13(15,16)8-2-1-3-9-10(8)11(19)18(12(20)17-9)7-4-5-21-6-7/h1-3,7H,4-6H2,(H,17,20). The summed E-state index contributed by atoms with van der Waals surface area (Å²) in [6.45, 7) is 0. The van der Waals surface area contributed by atoms with Crippen molar-refractivity contribution in [2.24, 2.45) is 0 Å². The molecule has 1 atom stereocenters. The van der Waals surface area contributed by atoms with Crippen molar-refractivity contribution in [2.75, 3.05) is 11.5 Å². The smallest absolute Gasteiger partial charge is 0.307 e. The van der Waals surface area contributed by atoms with Crippen molar-refractivity contribution in [2.45, 2.75) is 18.6 Å². The zero-order valence-electron chi connectivity index (χ0n) is 10.7. The molecule has 8 heteroatoms. The number of aromatic amines is 1. The molecule has 4 nitrogen and oxygen atoms in total. The molecule has 0 radical (unpaired) electrons. The molecule has 2 aromatic rings. The first-order valence-corrected chi connectivity index (χ1v) is 7.47. The van der Waals surface area contributed by atoms with Crippen LogP contribution >= 0.6 is 11.8 Å². The maximum absolute atomic E-state index is 13.1. The number of hydrogen-bond acceptors (Lipinski definition) is 3. The highest BCUT2D eigenvalue weighted by Crippen LogP contribution is 2.33. The molecule has 2 heterocycles. The van der Waals surface area contributed by atoms with Gasteiger partial charge in [0.2, 0.25) is 0 Å². The molecular weight excluding hydrogens is 305 g/mol. The molecule has 1 aliphatic heterocycles. The van der Waals surface area contributed by atoms with Crippen molar-refractivity contribution in [3.63, 3.8) is 0 Å². The summed E-state index contributed by atoms with van der Waals surface area (Å²) in [5, 5.41) is -0.471. The number of nitrogens with zero attached hydrogens (tertiary/aromatic N) is 1. The van der Waals surface area contributed by atoms with Gasteiger partial charge in [-0.3, -0.25) is 9.36 Å². The highest BCUT2D eigenvalue weighted by Gasteiger charge is 2.34. The SMILES string of the molecule is O=c1[nH]c2cccc(C(F)(F)F)c2c(=O)n1C1CCSC1. The second-order valence-electron chi connectivity index (χ2n) is 4.85. The number of H-pyrrole nitrogens is 1. The Morgan fingerprint density at radius 2 is 2.05 bits per heavy atom. The van der Waals surface area contributed by atoms with Gasteiger partial charge in [0.1, 0.15) is 0 Å². The molecule has 1 aliphatic rings. The van der Waals surface area contributed by atoms with Crippen LogP contribution in [0.5, 0.6) is 0 Å². The van der Waals surface area contributed by atoms with E-state index in [2.05, 4.69) is 4.98 Å². The number of alkyl halides is 3. The fourth-order valence-corrected chi connectivity index (χ4v) is 3.76. The van der Waals surface area contributed by atoms with E-state index in [0.29, 0.717) is 12.2 Å². The van der Waals surface area contributed by atoms with E-state index >= 15 is 0 Å². The van der Waals surface area contributed by atoms with Gasteiger partial charge in [-0.25, -0.2) is 4.79 Å². The van der Waals surface area contributed by atoms with Crippen molar-refractivity contribution >= 4 is 22.7 Å². The van der Waals surface area contributed by atoms with Crippen LogP contribution in [0.4, 0.5) is 13.2 Å². The van der Waals surface area contributed by atoms with Crippen molar-refractivity contribution < 1.29 is 13.2 Å². The first-order chi connectivity index (χ1) is 9.89. The molecule has 1 aromatic heterocycles. The summed E-state index contributed by atoms with van der Waals surface area (Å²) < 4.78 is 40.1. The number of rotatable bonds is 1. The third kappa shape index (κ3) is 2.37. The largest absolute Gasteiger partial charge is 0.417 e. The monoisotopic (exact) mass is 316 g/mol. The topological polar surface area (TPSA) is 54.9 Å². The van der Waals surface area contributed by atoms with Crippen LogP contribution in [0.3, 0.4) is 0 Å². The molecule has 0 spiro atoms. The van der Waals surface area contributed by atoms with Gasteiger partial charge in [-0.05, 0) is 24.3 Å². The number of hydrogen-bond donors (Lipinski definition) is 1. The van der Waals surface area contributed by atoms with Crippen molar-refractivity contribution in [1.82, 2.24) is 9.55 Å². The summed E-state index contributed by atoms with van der Waals surface area (Å²) in [7, 11) is 0. The maximum Gasteiger partial charge on any atom is 0.417 e. The molecule has 1 aromatic carbocycles. The summed E-state index contributed by atoms with van der Waals surface area (Å²) in [6.07, 6.45) is -4.04. The molecule has 1 unspecified atom stereocenters. The quantitative estimate of drug-likeness (QED) is 0.879. The predicted octanol–water partition coefficient (Wildman–Crippen LogP) is 2.39. The van der Waals surface area contributed by atoms with Crippen LogP contribution in [0, 0.1) is 0 Å². The predicted molar refractivity (Wildman–Crippen MR) is 74.8 cm³/mol. The van der Waals surface area contributed by atoms with E-state index in [-0.39, 0.29) is 11.6 Å². The van der Waals surface area contributed by atoms with Crippen LogP contribution in [0.25, 0.3) is 10.9 Å². The summed E-state index contributed by atoms with van der Waals surface area (Å²) >= 11 is 1.57. The number of halogens is 3. The lowest BCUT2D eigenvalue weighted by Crippen LogP contribution is -2.38. The van der Waals surface area contributed by atoms with Gasteiger partial charge in [0.15, 0.2) is 0 Å². The van der Waals surface area contributed by atoms with E-state index in [9.17, 15) is 22.8 Å². The van der Waals surface area contributed by atoms with Gasteiger partial charge in [0.25, 0.3) is 5.56 Å². The number of aromatic nitrogens is 2. The third-order valence-corrected chi connectivity index (χ3v) is 4.68. The Morgan fingerprint density at radius 3 is 2.67 bits per heavy atom. The Kier molecular flexibility index (Phi) is 3.35. The summed E-state index contributed by atoms with van der Waals surface area (Å²) in [6, 6.07) is 2.99. The molecule has 1 fully saturated rings. The minimum absolute atomic E-state index is 0.0817. The van der Waals surface area contributed by atoms with E-state index in [1.807, 2.05) is 0 Å². The minimum Gasteiger partial charge on any atom is -0.307 e. The van der Waals surface area contributed by atoms with Gasteiger partial charge in [0.05, 0.1) is 22.5 Å². The Hall–Kier alpha value is -1.70. The highest BCUT2D eigenvalue weighted by molar-refractivity contribution is 7.99. The number of nitrogens with one attached hydrogen (secondary N) is 1. The summed E-state index contributed by atoms with van der Waals surface area (Å²) in [5.41, 5.74) is -2.61. The van der Waals surface area contributed by atoms with E-state index in [1.54, 1.807) is 11.8 Å². The second-order valence-corrected chi connectivity index (χ2v) is 6.00. The fraction of sp³-hybridized carbons (Fsp3) is 0.385.